The normalized spacial score (nSPS) is 15.1. The smallest absolute Gasteiger partial charge is 0.261 e. The highest BCUT2D eigenvalue weighted by atomic mass is 35.5. The van der Waals surface area contributed by atoms with Gasteiger partial charge in [0.1, 0.15) is 6.54 Å². The van der Waals surface area contributed by atoms with E-state index in [0.29, 0.717) is 18.7 Å². The van der Waals surface area contributed by atoms with Crippen molar-refractivity contribution in [3.05, 3.63) is 63.1 Å². The van der Waals surface area contributed by atoms with Crippen molar-refractivity contribution in [2.75, 3.05) is 31.6 Å². The summed E-state index contributed by atoms with van der Waals surface area (Å²) in [6.45, 7) is 0.878. The average molecular weight is 497 g/mol. The first-order valence-corrected chi connectivity index (χ1v) is 11.8. The monoisotopic (exact) mass is 496 g/mol. The maximum atomic E-state index is 12.8. The number of hydrogen-bond donors (Lipinski definition) is 1. The van der Waals surface area contributed by atoms with Crippen molar-refractivity contribution in [2.24, 2.45) is 0 Å². The van der Waals surface area contributed by atoms with Crippen LogP contribution in [0, 0.1) is 0 Å². The second-order valence-corrected chi connectivity index (χ2v) is 9.84. The third kappa shape index (κ3) is 4.64. The van der Waals surface area contributed by atoms with Crippen molar-refractivity contribution in [2.45, 2.75) is 11.4 Å². The van der Waals surface area contributed by atoms with Gasteiger partial charge in [0.15, 0.2) is 0 Å². The van der Waals surface area contributed by atoms with Gasteiger partial charge in [-0.1, -0.05) is 29.3 Å². The first kappa shape index (κ1) is 22.7. The summed E-state index contributed by atoms with van der Waals surface area (Å²) < 4.78 is 33.3. The molecule has 0 atom stereocenters. The molecule has 12 heteroatoms. The highest BCUT2D eigenvalue weighted by Gasteiger charge is 2.26. The molecule has 3 aromatic rings. The Hall–Kier alpha value is -2.50. The quantitative estimate of drug-likeness (QED) is 0.580. The molecule has 0 saturated carbocycles. The van der Waals surface area contributed by atoms with E-state index in [1.807, 2.05) is 0 Å². The zero-order chi connectivity index (χ0) is 22.9. The molecule has 1 aliphatic rings. The summed E-state index contributed by atoms with van der Waals surface area (Å²) in [5, 5.41) is 3.32. The van der Waals surface area contributed by atoms with Crippen LogP contribution >= 0.6 is 23.2 Å². The number of aromatic nitrogens is 2. The van der Waals surface area contributed by atoms with E-state index in [9.17, 15) is 18.0 Å². The number of ether oxygens (including phenoxy) is 1. The molecule has 1 aliphatic heterocycles. The highest BCUT2D eigenvalue weighted by molar-refractivity contribution is 7.89. The van der Waals surface area contributed by atoms with Crippen LogP contribution in [0.4, 0.5) is 5.69 Å². The van der Waals surface area contributed by atoms with Crippen molar-refractivity contribution in [3.63, 3.8) is 0 Å². The number of hydrogen-bond acceptors (Lipinski definition) is 6. The maximum absolute atomic E-state index is 12.8. The lowest BCUT2D eigenvalue weighted by atomic mass is 10.2. The lowest BCUT2D eigenvalue weighted by Gasteiger charge is -2.26. The van der Waals surface area contributed by atoms with Crippen LogP contribution < -0.4 is 10.9 Å². The molecule has 0 aliphatic carbocycles. The van der Waals surface area contributed by atoms with Crippen LogP contribution in [0.5, 0.6) is 0 Å². The summed E-state index contributed by atoms with van der Waals surface area (Å²) in [6, 6.07) is 8.86. The predicted octanol–water partition coefficient (Wildman–Crippen LogP) is 2.36. The average Bonchev–Trinajstić information content (AvgIpc) is 2.77. The highest BCUT2D eigenvalue weighted by Crippen LogP contribution is 2.24. The molecule has 1 N–H and O–H groups in total. The Balaban J connectivity index is 1.53. The van der Waals surface area contributed by atoms with Crippen LogP contribution in [0.15, 0.2) is 52.4 Å². The number of carbonyl (C=O) groups excluding carboxylic acids is 1. The Labute approximate surface area is 193 Å². The number of halogens is 2. The molecule has 0 unspecified atom stereocenters. The fourth-order valence-electron chi connectivity index (χ4n) is 3.33. The molecule has 0 bridgehead atoms. The van der Waals surface area contributed by atoms with Gasteiger partial charge in [-0.15, -0.1) is 0 Å². The summed E-state index contributed by atoms with van der Waals surface area (Å²) in [7, 11) is -3.71. The number of benzene rings is 2. The van der Waals surface area contributed by atoms with Gasteiger partial charge >= 0.3 is 0 Å². The number of amides is 1. The van der Waals surface area contributed by atoms with Crippen molar-refractivity contribution in [1.29, 1.82) is 0 Å². The Bertz CT molecular complexity index is 1350. The van der Waals surface area contributed by atoms with Crippen LogP contribution in [-0.2, 0) is 26.1 Å². The van der Waals surface area contributed by atoms with Crippen molar-refractivity contribution >= 4 is 55.7 Å². The lowest BCUT2D eigenvalue weighted by molar-refractivity contribution is -0.116. The van der Waals surface area contributed by atoms with Crippen LogP contribution in [0.3, 0.4) is 0 Å². The Morgan fingerprint density at radius 3 is 2.66 bits per heavy atom. The zero-order valence-electron chi connectivity index (χ0n) is 16.6. The number of nitrogens with one attached hydrogen (secondary N) is 1. The van der Waals surface area contributed by atoms with Gasteiger partial charge in [0.25, 0.3) is 5.56 Å². The fraction of sp³-hybridized carbons (Fsp3) is 0.250. The molecule has 2 heterocycles. The molecular formula is C20H18Cl2N4O5S. The van der Waals surface area contributed by atoms with E-state index in [1.54, 1.807) is 6.07 Å². The van der Waals surface area contributed by atoms with E-state index in [2.05, 4.69) is 10.3 Å². The van der Waals surface area contributed by atoms with Gasteiger partial charge < -0.3 is 10.1 Å². The summed E-state index contributed by atoms with van der Waals surface area (Å²) in [5.41, 5.74) is 0.106. The number of sulfonamides is 1. The van der Waals surface area contributed by atoms with Crippen molar-refractivity contribution < 1.29 is 17.9 Å². The van der Waals surface area contributed by atoms with Crippen LogP contribution in [-0.4, -0.2) is 54.5 Å². The number of morpholine rings is 1. The van der Waals surface area contributed by atoms with E-state index < -0.39 is 21.5 Å². The molecule has 9 nitrogen and oxygen atoms in total. The van der Waals surface area contributed by atoms with Crippen LogP contribution in [0.1, 0.15) is 0 Å². The second kappa shape index (κ2) is 9.16. The Kier molecular flexibility index (Phi) is 6.50. The van der Waals surface area contributed by atoms with Crippen LogP contribution in [0.25, 0.3) is 10.9 Å². The van der Waals surface area contributed by atoms with Gasteiger partial charge in [-0.25, -0.2) is 13.4 Å². The Morgan fingerprint density at radius 2 is 1.91 bits per heavy atom. The van der Waals surface area contributed by atoms with Gasteiger partial charge in [0.05, 0.1) is 40.4 Å². The summed E-state index contributed by atoms with van der Waals surface area (Å²) >= 11 is 12.0. The summed E-state index contributed by atoms with van der Waals surface area (Å²) in [5.74, 6) is -0.526. The molecule has 4 rings (SSSR count). The largest absolute Gasteiger partial charge is 0.379 e. The third-order valence-corrected chi connectivity index (χ3v) is 7.29. The topological polar surface area (TPSA) is 111 Å². The van der Waals surface area contributed by atoms with E-state index in [-0.39, 0.29) is 45.6 Å². The van der Waals surface area contributed by atoms with Gasteiger partial charge in [-0.2, -0.15) is 4.31 Å². The minimum Gasteiger partial charge on any atom is -0.379 e. The minimum atomic E-state index is -3.71. The molecule has 32 heavy (non-hydrogen) atoms. The summed E-state index contributed by atoms with van der Waals surface area (Å²) in [6.07, 6.45) is 1.23. The standard InChI is InChI=1S/C20H18Cl2N4O5S/c21-13-8-16-19(17(22)9-13)23-12-25(20(16)28)11-18(27)24-14-2-1-3-15(10-14)32(29,30)26-4-6-31-7-5-26/h1-3,8-10,12H,4-7,11H2,(H,24,27). The number of carbonyl (C=O) groups is 1. The summed E-state index contributed by atoms with van der Waals surface area (Å²) in [4.78, 5) is 29.5. The minimum absolute atomic E-state index is 0.0611. The molecule has 0 radical (unpaired) electrons. The van der Waals surface area contributed by atoms with E-state index in [0.717, 1.165) is 4.57 Å². The number of anilines is 1. The molecule has 0 spiro atoms. The molecule has 1 aromatic heterocycles. The number of fused-ring (bicyclic) bond motifs is 1. The zero-order valence-corrected chi connectivity index (χ0v) is 19.0. The van der Waals surface area contributed by atoms with Gasteiger partial charge in [0, 0.05) is 23.8 Å². The van der Waals surface area contributed by atoms with E-state index in [4.69, 9.17) is 27.9 Å². The molecular weight excluding hydrogens is 479 g/mol. The fourth-order valence-corrected chi connectivity index (χ4v) is 5.33. The molecule has 1 amide bonds. The van der Waals surface area contributed by atoms with Gasteiger partial charge in [-0.05, 0) is 30.3 Å². The molecule has 1 saturated heterocycles. The Morgan fingerprint density at radius 1 is 1.16 bits per heavy atom. The van der Waals surface area contributed by atoms with Gasteiger partial charge in [-0.3, -0.25) is 14.2 Å². The van der Waals surface area contributed by atoms with Gasteiger partial charge in [0.2, 0.25) is 15.9 Å². The second-order valence-electron chi connectivity index (χ2n) is 7.05. The van der Waals surface area contributed by atoms with Crippen LogP contribution in [0.2, 0.25) is 10.0 Å². The molecule has 168 valence electrons. The predicted molar refractivity (Wildman–Crippen MR) is 121 cm³/mol. The third-order valence-electron chi connectivity index (χ3n) is 4.89. The lowest BCUT2D eigenvalue weighted by Crippen LogP contribution is -2.40. The number of rotatable bonds is 5. The first-order valence-electron chi connectivity index (χ1n) is 9.58. The maximum Gasteiger partial charge on any atom is 0.261 e. The molecule has 1 fully saturated rings. The van der Waals surface area contributed by atoms with Crippen molar-refractivity contribution in [3.8, 4) is 0 Å². The van der Waals surface area contributed by atoms with E-state index >= 15 is 0 Å². The van der Waals surface area contributed by atoms with E-state index in [1.165, 1.54) is 41.0 Å². The SMILES string of the molecule is O=C(Cn1cnc2c(Cl)cc(Cl)cc2c1=O)Nc1cccc(S(=O)(=O)N2CCOCC2)c1. The first-order chi connectivity index (χ1) is 15.3. The van der Waals surface area contributed by atoms with Crippen molar-refractivity contribution in [1.82, 2.24) is 13.9 Å². The molecule has 2 aromatic carbocycles. The number of nitrogens with zero attached hydrogens (tertiary/aromatic N) is 3.